The third-order valence-corrected chi connectivity index (χ3v) is 7.48. The van der Waals surface area contributed by atoms with E-state index in [-0.39, 0.29) is 22.5 Å². The number of benzene rings is 3. The van der Waals surface area contributed by atoms with Crippen molar-refractivity contribution in [2.75, 3.05) is 30.2 Å². The van der Waals surface area contributed by atoms with Crippen LogP contribution >= 0.6 is 0 Å². The molecule has 1 aliphatic heterocycles. The fourth-order valence-corrected chi connectivity index (χ4v) is 5.11. The minimum Gasteiger partial charge on any atom is -0.497 e. The van der Waals surface area contributed by atoms with Crippen molar-refractivity contribution in [3.8, 4) is 5.75 Å². The lowest BCUT2D eigenvalue weighted by Crippen LogP contribution is -2.37. The number of hydrogen-bond acceptors (Lipinski definition) is 5. The zero-order valence-corrected chi connectivity index (χ0v) is 20.2. The number of hydrogen-bond donors (Lipinski definition) is 2. The highest BCUT2D eigenvalue weighted by atomic mass is 32.2. The van der Waals surface area contributed by atoms with E-state index in [4.69, 9.17) is 4.74 Å². The van der Waals surface area contributed by atoms with E-state index in [1.807, 2.05) is 6.07 Å². The molecule has 0 aliphatic carbocycles. The van der Waals surface area contributed by atoms with Crippen molar-refractivity contribution in [3.05, 3.63) is 84.2 Å². The molecule has 0 atom stereocenters. The number of nitrogens with one attached hydrogen (secondary N) is 2. The normalized spacial score (nSPS) is 14.9. The summed E-state index contributed by atoms with van der Waals surface area (Å²) in [6.07, 6.45) is 1.36. The summed E-state index contributed by atoms with van der Waals surface area (Å²) in [5, 5.41) is 2.88. The van der Waals surface area contributed by atoms with Crippen LogP contribution < -0.4 is 14.8 Å². The van der Waals surface area contributed by atoms with E-state index >= 15 is 0 Å². The SMILES string of the molecule is COc1ccc(NS(=O)(=O)c2ccc(NC(=O)C3CCN(Cc4ccccc4F)CC3)cc2)cc1. The molecule has 184 valence electrons. The maximum Gasteiger partial charge on any atom is 0.261 e. The van der Waals surface area contributed by atoms with Gasteiger partial charge in [0.2, 0.25) is 5.91 Å². The number of methoxy groups -OCH3 is 1. The van der Waals surface area contributed by atoms with E-state index in [2.05, 4.69) is 14.9 Å². The molecule has 0 aromatic heterocycles. The first kappa shape index (κ1) is 24.7. The number of halogens is 1. The van der Waals surface area contributed by atoms with E-state index in [9.17, 15) is 17.6 Å². The van der Waals surface area contributed by atoms with E-state index in [1.54, 1.807) is 48.5 Å². The van der Waals surface area contributed by atoms with Gasteiger partial charge < -0.3 is 10.1 Å². The largest absolute Gasteiger partial charge is 0.497 e. The first-order chi connectivity index (χ1) is 16.8. The molecule has 1 amide bonds. The summed E-state index contributed by atoms with van der Waals surface area (Å²) in [6, 6.07) is 19.4. The molecule has 3 aromatic rings. The van der Waals surface area contributed by atoms with Gasteiger partial charge in [-0.15, -0.1) is 0 Å². The Kier molecular flexibility index (Phi) is 7.67. The highest BCUT2D eigenvalue weighted by Gasteiger charge is 2.25. The minimum atomic E-state index is -3.77. The van der Waals surface area contributed by atoms with Crippen LogP contribution in [0.5, 0.6) is 5.75 Å². The quantitative estimate of drug-likeness (QED) is 0.479. The summed E-state index contributed by atoms with van der Waals surface area (Å²) in [4.78, 5) is 15.0. The molecular weight excluding hydrogens is 469 g/mol. The van der Waals surface area contributed by atoms with Crippen LogP contribution in [0, 0.1) is 11.7 Å². The number of sulfonamides is 1. The molecule has 1 aliphatic rings. The maximum atomic E-state index is 13.9. The fourth-order valence-electron chi connectivity index (χ4n) is 4.06. The van der Waals surface area contributed by atoms with Gasteiger partial charge in [-0.1, -0.05) is 18.2 Å². The number of amides is 1. The smallest absolute Gasteiger partial charge is 0.261 e. The van der Waals surface area contributed by atoms with E-state index in [0.717, 1.165) is 0 Å². The zero-order chi connectivity index (χ0) is 24.8. The lowest BCUT2D eigenvalue weighted by molar-refractivity contribution is -0.121. The van der Waals surface area contributed by atoms with Crippen molar-refractivity contribution in [3.63, 3.8) is 0 Å². The van der Waals surface area contributed by atoms with Gasteiger partial charge in [0.1, 0.15) is 11.6 Å². The number of anilines is 2. The van der Waals surface area contributed by atoms with Gasteiger partial charge in [-0.25, -0.2) is 12.8 Å². The van der Waals surface area contributed by atoms with Gasteiger partial charge in [0, 0.05) is 29.4 Å². The number of nitrogens with zero attached hydrogens (tertiary/aromatic N) is 1. The summed E-state index contributed by atoms with van der Waals surface area (Å²) < 4.78 is 46.8. The molecule has 1 fully saturated rings. The number of ether oxygens (including phenoxy) is 1. The van der Waals surface area contributed by atoms with Gasteiger partial charge in [-0.05, 0) is 80.5 Å². The van der Waals surface area contributed by atoms with E-state index in [0.29, 0.717) is 55.2 Å². The highest BCUT2D eigenvalue weighted by Crippen LogP contribution is 2.23. The first-order valence-electron chi connectivity index (χ1n) is 11.4. The molecule has 35 heavy (non-hydrogen) atoms. The fraction of sp³-hybridized carbons (Fsp3) is 0.269. The summed E-state index contributed by atoms with van der Waals surface area (Å²) >= 11 is 0. The molecule has 0 spiro atoms. The topological polar surface area (TPSA) is 87.7 Å². The van der Waals surface area contributed by atoms with Crippen LogP contribution in [-0.2, 0) is 21.4 Å². The second-order valence-corrected chi connectivity index (χ2v) is 10.2. The van der Waals surface area contributed by atoms with Crippen molar-refractivity contribution in [2.24, 2.45) is 5.92 Å². The van der Waals surface area contributed by atoms with Crippen molar-refractivity contribution < 1.29 is 22.3 Å². The molecule has 9 heteroatoms. The number of rotatable bonds is 8. The molecule has 7 nitrogen and oxygen atoms in total. The predicted octanol–water partition coefficient (Wildman–Crippen LogP) is 4.49. The molecular formula is C26H28FN3O4S. The molecule has 2 N–H and O–H groups in total. The van der Waals surface area contributed by atoms with Gasteiger partial charge in [0.25, 0.3) is 10.0 Å². The Morgan fingerprint density at radius 3 is 2.23 bits per heavy atom. The van der Waals surface area contributed by atoms with Gasteiger partial charge in [0.05, 0.1) is 12.0 Å². The van der Waals surface area contributed by atoms with Gasteiger partial charge >= 0.3 is 0 Å². The Balaban J connectivity index is 1.29. The van der Waals surface area contributed by atoms with Crippen molar-refractivity contribution in [2.45, 2.75) is 24.3 Å². The predicted molar refractivity (Wildman–Crippen MR) is 133 cm³/mol. The van der Waals surface area contributed by atoms with Crippen LogP contribution in [0.1, 0.15) is 18.4 Å². The molecule has 0 unspecified atom stereocenters. The molecule has 3 aromatic carbocycles. The van der Waals surface area contributed by atoms with Crippen LogP contribution in [0.25, 0.3) is 0 Å². The van der Waals surface area contributed by atoms with Gasteiger partial charge in [-0.2, -0.15) is 0 Å². The zero-order valence-electron chi connectivity index (χ0n) is 19.4. The highest BCUT2D eigenvalue weighted by molar-refractivity contribution is 7.92. The average Bonchev–Trinajstić information content (AvgIpc) is 2.86. The van der Waals surface area contributed by atoms with Crippen molar-refractivity contribution in [1.29, 1.82) is 0 Å². The van der Waals surface area contributed by atoms with Crippen LogP contribution in [0.15, 0.2) is 77.7 Å². The third kappa shape index (κ3) is 6.37. The number of piperidine rings is 1. The third-order valence-electron chi connectivity index (χ3n) is 6.08. The first-order valence-corrected chi connectivity index (χ1v) is 12.9. The Morgan fingerprint density at radius 2 is 1.60 bits per heavy atom. The second kappa shape index (κ2) is 10.9. The number of likely N-dealkylation sites (tertiary alicyclic amines) is 1. The monoisotopic (exact) mass is 497 g/mol. The lowest BCUT2D eigenvalue weighted by atomic mass is 9.95. The summed E-state index contributed by atoms with van der Waals surface area (Å²) in [5.41, 5.74) is 1.61. The van der Waals surface area contributed by atoms with Crippen molar-refractivity contribution in [1.82, 2.24) is 4.90 Å². The van der Waals surface area contributed by atoms with Crippen LogP contribution in [-0.4, -0.2) is 39.4 Å². The Labute approximate surface area is 205 Å². The Hall–Kier alpha value is -3.43. The minimum absolute atomic E-state index is 0.0905. The van der Waals surface area contributed by atoms with E-state index < -0.39 is 10.0 Å². The summed E-state index contributed by atoms with van der Waals surface area (Å²) in [7, 11) is -2.23. The number of carbonyl (C=O) groups is 1. The van der Waals surface area contributed by atoms with Gasteiger partial charge in [-0.3, -0.25) is 14.4 Å². The molecule has 0 saturated carbocycles. The lowest BCUT2D eigenvalue weighted by Gasteiger charge is -2.31. The molecule has 4 rings (SSSR count). The van der Waals surface area contributed by atoms with Crippen LogP contribution in [0.2, 0.25) is 0 Å². The maximum absolute atomic E-state index is 13.9. The van der Waals surface area contributed by atoms with Crippen LogP contribution in [0.3, 0.4) is 0 Å². The van der Waals surface area contributed by atoms with Crippen molar-refractivity contribution >= 4 is 27.3 Å². The molecule has 0 bridgehead atoms. The standard InChI is InChI=1S/C26H28FN3O4S/c1-34-23-10-6-22(7-11-23)29-35(32,33)24-12-8-21(9-13-24)28-26(31)19-14-16-30(17-15-19)18-20-4-2-3-5-25(20)27/h2-13,19,29H,14-18H2,1H3,(H,28,31). The second-order valence-electron chi connectivity index (χ2n) is 8.49. The number of carbonyl (C=O) groups excluding carboxylic acids is 1. The molecule has 1 heterocycles. The average molecular weight is 498 g/mol. The van der Waals surface area contributed by atoms with E-state index in [1.165, 1.54) is 25.3 Å². The Morgan fingerprint density at radius 1 is 0.971 bits per heavy atom. The van der Waals surface area contributed by atoms with Crippen LogP contribution in [0.4, 0.5) is 15.8 Å². The summed E-state index contributed by atoms with van der Waals surface area (Å²) in [6.45, 7) is 1.95. The molecule has 0 radical (unpaired) electrons. The molecule has 1 saturated heterocycles. The Bertz CT molecular complexity index is 1260. The van der Waals surface area contributed by atoms with Gasteiger partial charge in [0.15, 0.2) is 0 Å². The summed E-state index contributed by atoms with van der Waals surface area (Å²) in [5.74, 6) is 0.176.